The van der Waals surface area contributed by atoms with E-state index in [0.717, 1.165) is 24.6 Å². The Bertz CT molecular complexity index is 1230. The van der Waals surface area contributed by atoms with E-state index in [1.165, 1.54) is 33.5 Å². The van der Waals surface area contributed by atoms with Gasteiger partial charge in [-0.15, -0.1) is 11.3 Å². The van der Waals surface area contributed by atoms with Gasteiger partial charge in [-0.05, 0) is 27.8 Å². The molecule has 2 heterocycles. The van der Waals surface area contributed by atoms with Crippen LogP contribution in [0, 0.1) is 5.92 Å². The fraction of sp³-hybridized carbons (Fsp3) is 0.452. The van der Waals surface area contributed by atoms with Gasteiger partial charge in [-0.3, -0.25) is 9.59 Å². The van der Waals surface area contributed by atoms with Gasteiger partial charge >= 0.3 is 0 Å². The number of anilines is 1. The molecule has 0 spiro atoms. The molecule has 214 valence electrons. The molecule has 3 aromatic rings. The summed E-state index contributed by atoms with van der Waals surface area (Å²) in [7, 11) is -2.72. The van der Waals surface area contributed by atoms with Crippen LogP contribution in [0.25, 0.3) is 0 Å². The molecule has 2 aromatic carbocycles. The number of carbonyl (C=O) groups excluding carboxylic acids is 2. The molecule has 1 N–H and O–H groups in total. The van der Waals surface area contributed by atoms with Crippen LogP contribution in [0.4, 0.5) is 5.13 Å². The van der Waals surface area contributed by atoms with E-state index in [4.69, 9.17) is 4.43 Å². The second-order valence-corrected chi connectivity index (χ2v) is 18.5. The summed E-state index contributed by atoms with van der Waals surface area (Å²) < 4.78 is 7.15. The number of hydrogen-bond donors (Lipinski definition) is 1. The lowest BCUT2D eigenvalue weighted by Crippen LogP contribution is -2.67. The van der Waals surface area contributed by atoms with Gasteiger partial charge in [0.15, 0.2) is 10.2 Å². The summed E-state index contributed by atoms with van der Waals surface area (Å²) in [5.74, 6) is 0.213. The van der Waals surface area contributed by atoms with Crippen molar-refractivity contribution in [3.05, 3.63) is 71.7 Å². The summed E-state index contributed by atoms with van der Waals surface area (Å²) in [4.78, 5) is 31.5. The van der Waals surface area contributed by atoms with E-state index in [0.29, 0.717) is 23.5 Å². The second kappa shape index (κ2) is 13.0. The topological polar surface area (TPSA) is 71.5 Å². The maximum atomic E-state index is 13.4. The Hall–Kier alpha value is -2.46. The summed E-state index contributed by atoms with van der Waals surface area (Å²) in [5.41, 5.74) is 0.432. The molecule has 0 radical (unpaired) electrons. The van der Waals surface area contributed by atoms with Crippen molar-refractivity contribution in [2.45, 2.75) is 64.3 Å². The monoisotopic (exact) mass is 595 g/mol. The number of hydrogen-bond acceptors (Lipinski definition) is 7. The highest BCUT2D eigenvalue weighted by atomic mass is 32.2. The second-order valence-electron chi connectivity index (χ2n) is 11.9. The number of nitrogens with one attached hydrogen (secondary N) is 1. The molecule has 6 nitrogen and oxygen atoms in total. The number of nitrogens with zero attached hydrogens (tertiary/aromatic N) is 2. The molecular formula is C31H41N3O3S2Si. The van der Waals surface area contributed by atoms with E-state index >= 15 is 0 Å². The van der Waals surface area contributed by atoms with Gasteiger partial charge in [-0.25, -0.2) is 4.98 Å². The molecule has 1 amide bonds. The van der Waals surface area contributed by atoms with Crippen LogP contribution in [0.1, 0.15) is 58.5 Å². The van der Waals surface area contributed by atoms with Crippen LogP contribution in [-0.4, -0.2) is 55.3 Å². The number of carbonyl (C=O) groups is 2. The van der Waals surface area contributed by atoms with Crippen LogP contribution in [0.3, 0.4) is 0 Å². The minimum Gasteiger partial charge on any atom is -0.405 e. The van der Waals surface area contributed by atoms with Crippen LogP contribution in [-0.2, 0) is 9.22 Å². The number of amides is 1. The van der Waals surface area contributed by atoms with Crippen molar-refractivity contribution in [2.24, 2.45) is 5.92 Å². The Morgan fingerprint density at radius 1 is 1.07 bits per heavy atom. The van der Waals surface area contributed by atoms with Gasteiger partial charge in [-0.2, -0.15) is 0 Å². The fourth-order valence-corrected chi connectivity index (χ4v) is 11.8. The number of rotatable bonds is 11. The quantitative estimate of drug-likeness (QED) is 0.302. The Kier molecular flexibility index (Phi) is 9.92. The zero-order valence-electron chi connectivity index (χ0n) is 24.3. The molecule has 40 heavy (non-hydrogen) atoms. The van der Waals surface area contributed by atoms with Gasteiger partial charge in [0, 0.05) is 30.6 Å². The largest absolute Gasteiger partial charge is 0.405 e. The van der Waals surface area contributed by atoms with E-state index in [2.05, 4.69) is 98.4 Å². The van der Waals surface area contributed by atoms with E-state index < -0.39 is 8.32 Å². The molecule has 1 aliphatic rings. The predicted octanol–water partition coefficient (Wildman–Crippen LogP) is 5.33. The third-order valence-corrected chi connectivity index (χ3v) is 14.1. The van der Waals surface area contributed by atoms with Gasteiger partial charge in [0.05, 0.1) is 12.6 Å². The van der Waals surface area contributed by atoms with Crippen LogP contribution in [0.15, 0.2) is 66.0 Å². The first kappa shape index (κ1) is 30.5. The first-order valence-electron chi connectivity index (χ1n) is 13.9. The van der Waals surface area contributed by atoms with Gasteiger partial charge in [0.25, 0.3) is 14.2 Å². The molecule has 4 rings (SSSR count). The number of benzene rings is 2. The van der Waals surface area contributed by atoms with Crippen LogP contribution < -0.4 is 20.6 Å². The molecule has 1 aliphatic heterocycles. The van der Waals surface area contributed by atoms with E-state index in [1.807, 2.05) is 17.5 Å². The van der Waals surface area contributed by atoms with Gasteiger partial charge in [0.1, 0.15) is 5.69 Å². The Morgan fingerprint density at radius 3 is 2.15 bits per heavy atom. The standard InChI is InChI=1S/C31H41N3O3S2Si/c1-22(2)17-24(32-29(36)28-21-38-30(33-28)34-18-25(19-34)39-23(3)35)20-37-40(31(4,5)6,26-13-9-7-10-14-26)27-15-11-8-12-16-27/h7-16,21-22,24-25H,17-20H2,1-6H3,(H,32,36). The first-order chi connectivity index (χ1) is 19.0. The van der Waals surface area contributed by atoms with Crippen molar-refractivity contribution in [1.82, 2.24) is 10.3 Å². The zero-order valence-corrected chi connectivity index (χ0v) is 27.0. The molecule has 1 atom stereocenters. The van der Waals surface area contributed by atoms with Crippen molar-refractivity contribution in [3.63, 3.8) is 0 Å². The van der Waals surface area contributed by atoms with Crippen molar-refractivity contribution in [3.8, 4) is 0 Å². The summed E-state index contributed by atoms with van der Waals surface area (Å²) >= 11 is 2.85. The Labute approximate surface area is 248 Å². The lowest BCUT2D eigenvalue weighted by Gasteiger charge is -2.43. The minimum absolute atomic E-state index is 0.137. The molecule has 9 heteroatoms. The lowest BCUT2D eigenvalue weighted by molar-refractivity contribution is -0.109. The summed E-state index contributed by atoms with van der Waals surface area (Å²) in [5, 5.41) is 8.65. The number of thiazole rings is 1. The summed E-state index contributed by atoms with van der Waals surface area (Å²) in [6, 6.07) is 21.0. The number of aromatic nitrogens is 1. The van der Waals surface area contributed by atoms with Crippen molar-refractivity contribution in [1.29, 1.82) is 0 Å². The van der Waals surface area contributed by atoms with Gasteiger partial charge in [-0.1, -0.05) is 107 Å². The molecule has 1 saturated heterocycles. The molecule has 0 saturated carbocycles. The van der Waals surface area contributed by atoms with Crippen LogP contribution >= 0.6 is 23.1 Å². The normalized spacial score (nSPS) is 15.1. The molecule has 1 aromatic heterocycles. The molecule has 0 aliphatic carbocycles. The SMILES string of the molecule is CC(=O)SC1CN(c2nc(C(=O)NC(CO[Si](c3ccccc3)(c3ccccc3)C(C)(C)C)CC(C)C)cs2)C1. The average Bonchev–Trinajstić information content (AvgIpc) is 3.36. The third kappa shape index (κ3) is 7.05. The zero-order chi connectivity index (χ0) is 28.9. The molecule has 1 unspecified atom stereocenters. The van der Waals surface area contributed by atoms with E-state index in [9.17, 15) is 9.59 Å². The first-order valence-corrected chi connectivity index (χ1v) is 17.6. The Morgan fingerprint density at radius 2 is 1.65 bits per heavy atom. The summed E-state index contributed by atoms with van der Waals surface area (Å²) in [6.07, 6.45) is 0.803. The van der Waals surface area contributed by atoms with Crippen molar-refractivity contribution >= 4 is 57.9 Å². The molecule has 0 bridgehead atoms. The fourth-order valence-electron chi connectivity index (χ4n) is 5.40. The maximum absolute atomic E-state index is 13.4. The highest BCUT2D eigenvalue weighted by molar-refractivity contribution is 8.14. The van der Waals surface area contributed by atoms with Crippen molar-refractivity contribution in [2.75, 3.05) is 24.6 Å². The van der Waals surface area contributed by atoms with E-state index in [-0.39, 0.29) is 22.1 Å². The van der Waals surface area contributed by atoms with Gasteiger partial charge < -0.3 is 14.6 Å². The Balaban J connectivity index is 1.53. The maximum Gasteiger partial charge on any atom is 0.271 e. The highest BCUT2D eigenvalue weighted by Gasteiger charge is 2.50. The van der Waals surface area contributed by atoms with Crippen LogP contribution in [0.2, 0.25) is 5.04 Å². The van der Waals surface area contributed by atoms with Gasteiger partial charge in [0.2, 0.25) is 0 Å². The number of thioether (sulfide) groups is 1. The minimum atomic E-state index is -2.72. The highest BCUT2D eigenvalue weighted by Crippen LogP contribution is 2.37. The average molecular weight is 596 g/mol. The van der Waals surface area contributed by atoms with Crippen molar-refractivity contribution < 1.29 is 14.0 Å². The molecule has 1 fully saturated rings. The molecular weight excluding hydrogens is 555 g/mol. The predicted molar refractivity (Wildman–Crippen MR) is 171 cm³/mol. The summed E-state index contributed by atoms with van der Waals surface area (Å²) in [6.45, 7) is 14.7. The van der Waals surface area contributed by atoms with Crippen LogP contribution in [0.5, 0.6) is 0 Å². The third-order valence-electron chi connectivity index (χ3n) is 7.18. The van der Waals surface area contributed by atoms with E-state index in [1.54, 1.807) is 6.92 Å². The smallest absolute Gasteiger partial charge is 0.271 e. The lowest BCUT2D eigenvalue weighted by atomic mass is 10.0.